The van der Waals surface area contributed by atoms with E-state index in [1.54, 1.807) is 20.8 Å². The quantitative estimate of drug-likeness (QED) is 0.236. The van der Waals surface area contributed by atoms with Gasteiger partial charge in [0.1, 0.15) is 12.7 Å². The number of rotatable bonds is 6. The zero-order valence-electron chi connectivity index (χ0n) is 13.8. The third-order valence-corrected chi connectivity index (χ3v) is 1.55. The maximum absolute atomic E-state index is 11.1. The number of aliphatic hydroxyl groups excluding tert-OH is 2. The van der Waals surface area contributed by atoms with Gasteiger partial charge in [0.2, 0.25) is 0 Å². The van der Waals surface area contributed by atoms with E-state index in [0.717, 1.165) is 0 Å². The molecule has 11 heteroatoms. The van der Waals surface area contributed by atoms with Crippen LogP contribution in [0.4, 0.5) is 0 Å². The van der Waals surface area contributed by atoms with Crippen LogP contribution in [0, 0.1) is 0 Å². The van der Waals surface area contributed by atoms with E-state index >= 15 is 0 Å². The fourth-order valence-corrected chi connectivity index (χ4v) is 0.634. The Morgan fingerprint density at radius 2 is 1.33 bits per heavy atom. The van der Waals surface area contributed by atoms with Gasteiger partial charge in [0.25, 0.3) is 0 Å². The largest absolute Gasteiger partial charge is 0.466 e. The maximum Gasteiger partial charge on any atom is 0.466 e. The summed E-state index contributed by atoms with van der Waals surface area (Å²) in [7, 11) is -4.64. The molecular formula is C13H25O10P. The fraction of sp³-hybridized carbons (Fsp3) is 0.538. The van der Waals surface area contributed by atoms with Crippen molar-refractivity contribution in [2.24, 2.45) is 0 Å². The highest BCUT2D eigenvalue weighted by atomic mass is 31.2. The van der Waals surface area contributed by atoms with E-state index in [4.69, 9.17) is 38.9 Å². The van der Waals surface area contributed by atoms with E-state index in [2.05, 4.69) is 13.2 Å². The minimum atomic E-state index is -4.64. The van der Waals surface area contributed by atoms with Gasteiger partial charge in [0.05, 0.1) is 13.2 Å². The number of hydrogen-bond donors (Lipinski definition) is 5. The molecule has 1 atom stereocenters. The number of carbonyl (C=O) groups is 2. The summed E-state index contributed by atoms with van der Waals surface area (Å²) >= 11 is 0. The minimum absolute atomic E-state index is 0.0186. The van der Waals surface area contributed by atoms with Crippen molar-refractivity contribution in [1.29, 1.82) is 0 Å². The molecule has 0 saturated heterocycles. The highest BCUT2D eigenvalue weighted by molar-refractivity contribution is 7.45. The molecule has 24 heavy (non-hydrogen) atoms. The predicted molar refractivity (Wildman–Crippen MR) is 84.6 cm³/mol. The zero-order chi connectivity index (χ0) is 19.9. The predicted octanol–water partition coefficient (Wildman–Crippen LogP) is -0.344. The van der Waals surface area contributed by atoms with Gasteiger partial charge in [-0.2, -0.15) is 0 Å². The Kier molecular flexibility index (Phi) is 17.1. The van der Waals surface area contributed by atoms with Crippen LogP contribution < -0.4 is 0 Å². The molecule has 0 aliphatic carbocycles. The van der Waals surface area contributed by atoms with Crippen LogP contribution in [0.25, 0.3) is 0 Å². The molecule has 1 unspecified atom stereocenters. The van der Waals surface area contributed by atoms with Crippen molar-refractivity contribution in [1.82, 2.24) is 0 Å². The van der Waals surface area contributed by atoms with E-state index in [-0.39, 0.29) is 19.8 Å². The minimum Gasteiger partial charge on any atom is -0.458 e. The van der Waals surface area contributed by atoms with Crippen molar-refractivity contribution >= 4 is 19.8 Å². The monoisotopic (exact) mass is 372 g/mol. The lowest BCUT2D eigenvalue weighted by Gasteiger charge is -2.13. The Hall–Kier alpha value is -1.55. The topological polar surface area (TPSA) is 171 Å². The molecule has 10 nitrogen and oxygen atoms in total. The van der Waals surface area contributed by atoms with Gasteiger partial charge in [-0.1, -0.05) is 13.2 Å². The second kappa shape index (κ2) is 15.0. The number of ether oxygens (including phenoxy) is 2. The molecular weight excluding hydrogens is 347 g/mol. The molecule has 0 heterocycles. The van der Waals surface area contributed by atoms with Crippen molar-refractivity contribution in [2.75, 3.05) is 19.8 Å². The summed E-state index contributed by atoms with van der Waals surface area (Å²) in [5.41, 5.74) is 0.626. The average Bonchev–Trinajstić information content (AvgIpc) is 2.42. The first-order valence-corrected chi connectivity index (χ1v) is 8.01. The molecule has 0 saturated carbocycles. The summed E-state index contributed by atoms with van der Waals surface area (Å²) in [6.45, 7) is 11.4. The van der Waals surface area contributed by atoms with E-state index in [0.29, 0.717) is 11.1 Å². The summed E-state index contributed by atoms with van der Waals surface area (Å²) in [6.07, 6.45) is -0.488. The average molecular weight is 372 g/mol. The number of esters is 2. The highest BCUT2D eigenvalue weighted by Crippen LogP contribution is 2.25. The SMILES string of the molecule is C=C(C)C(=O)OCC(C)OC(=O)C(=C)C.O=P(O)(O)O.OCCO. The Morgan fingerprint density at radius 3 is 1.58 bits per heavy atom. The molecule has 0 bridgehead atoms. The molecule has 0 rings (SSSR count). The maximum atomic E-state index is 11.1. The van der Waals surface area contributed by atoms with Crippen molar-refractivity contribution in [3.63, 3.8) is 0 Å². The Balaban J connectivity index is -0.000000402. The summed E-state index contributed by atoms with van der Waals surface area (Å²) in [5, 5.41) is 15.2. The summed E-state index contributed by atoms with van der Waals surface area (Å²) in [4.78, 5) is 43.6. The molecule has 0 radical (unpaired) electrons. The Morgan fingerprint density at radius 1 is 1.00 bits per heavy atom. The van der Waals surface area contributed by atoms with E-state index in [1.165, 1.54) is 0 Å². The number of phosphoric acid groups is 1. The molecule has 5 N–H and O–H groups in total. The van der Waals surface area contributed by atoms with Gasteiger partial charge in [-0.3, -0.25) is 0 Å². The molecule has 0 aromatic heterocycles. The van der Waals surface area contributed by atoms with Crippen molar-refractivity contribution in [3.8, 4) is 0 Å². The second-order valence-corrected chi connectivity index (χ2v) is 5.36. The van der Waals surface area contributed by atoms with Crippen LogP contribution in [0.1, 0.15) is 20.8 Å². The van der Waals surface area contributed by atoms with E-state index in [1.807, 2.05) is 0 Å². The van der Waals surface area contributed by atoms with Crippen LogP contribution in [-0.4, -0.2) is 62.8 Å². The van der Waals surface area contributed by atoms with Crippen LogP contribution in [0.2, 0.25) is 0 Å². The van der Waals surface area contributed by atoms with Crippen LogP contribution >= 0.6 is 7.82 Å². The van der Waals surface area contributed by atoms with E-state index < -0.39 is 25.9 Å². The van der Waals surface area contributed by atoms with Crippen LogP contribution in [0.15, 0.2) is 24.3 Å². The van der Waals surface area contributed by atoms with Gasteiger partial charge in [-0.05, 0) is 20.8 Å². The van der Waals surface area contributed by atoms with Gasteiger partial charge in [-0.15, -0.1) is 0 Å². The van der Waals surface area contributed by atoms with Crippen LogP contribution in [0.3, 0.4) is 0 Å². The Bertz CT molecular complexity index is 443. The van der Waals surface area contributed by atoms with Gasteiger partial charge in [-0.25, -0.2) is 14.2 Å². The molecule has 0 aromatic rings. The summed E-state index contributed by atoms with van der Waals surface area (Å²) in [6, 6.07) is 0. The molecule has 0 amide bonds. The summed E-state index contributed by atoms with van der Waals surface area (Å²) in [5.74, 6) is -0.984. The molecule has 0 spiro atoms. The van der Waals surface area contributed by atoms with Crippen LogP contribution in [-0.2, 0) is 23.6 Å². The number of aliphatic hydroxyl groups is 2. The second-order valence-electron chi connectivity index (χ2n) is 4.34. The first-order valence-electron chi connectivity index (χ1n) is 6.45. The number of carbonyl (C=O) groups excluding carboxylic acids is 2. The summed E-state index contributed by atoms with van der Waals surface area (Å²) < 4.78 is 18.6. The van der Waals surface area contributed by atoms with Crippen molar-refractivity contribution < 1.29 is 48.5 Å². The standard InChI is InChI=1S/C11H16O4.C2H6O2.H3O4P/c1-7(2)10(12)14-6-9(5)15-11(13)8(3)4;3-1-2-4;1-5(2,3)4/h9H,1,3,6H2,2,4-5H3;3-4H,1-2H2;(H3,1,2,3,4). The normalized spacial score (nSPS) is 10.8. The zero-order valence-corrected chi connectivity index (χ0v) is 14.7. The lowest BCUT2D eigenvalue weighted by Crippen LogP contribution is -2.22. The van der Waals surface area contributed by atoms with Gasteiger partial charge >= 0.3 is 19.8 Å². The van der Waals surface area contributed by atoms with E-state index in [9.17, 15) is 9.59 Å². The van der Waals surface area contributed by atoms with Crippen molar-refractivity contribution in [3.05, 3.63) is 24.3 Å². The van der Waals surface area contributed by atoms with Gasteiger partial charge in [0.15, 0.2) is 0 Å². The lowest BCUT2D eigenvalue weighted by atomic mass is 10.3. The third-order valence-electron chi connectivity index (χ3n) is 1.55. The van der Waals surface area contributed by atoms with Crippen LogP contribution in [0.5, 0.6) is 0 Å². The highest BCUT2D eigenvalue weighted by Gasteiger charge is 2.12. The molecule has 0 aliphatic heterocycles. The molecule has 0 fully saturated rings. The third kappa shape index (κ3) is 28.6. The first kappa shape index (κ1) is 27.3. The smallest absolute Gasteiger partial charge is 0.458 e. The van der Waals surface area contributed by atoms with Crippen molar-refractivity contribution in [2.45, 2.75) is 26.9 Å². The van der Waals surface area contributed by atoms with Gasteiger partial charge < -0.3 is 34.4 Å². The molecule has 0 aliphatic rings. The molecule has 142 valence electrons. The Labute approximate surface area is 140 Å². The first-order chi connectivity index (χ1) is 10.8. The van der Waals surface area contributed by atoms with Gasteiger partial charge in [0, 0.05) is 11.1 Å². The fourth-order valence-electron chi connectivity index (χ4n) is 0.634. The lowest BCUT2D eigenvalue weighted by molar-refractivity contribution is -0.152. The number of hydrogen-bond acceptors (Lipinski definition) is 7. The molecule has 0 aromatic carbocycles.